The standard InChI is InChI=1S/C21H25N3O2/c1-22(19-9-8-16-4-2-3-5-18(16)14-19)15-20(25)23-10-12-24(13-11-23)21(26)17-6-7-17/h2-5,8-9,14,17H,6-7,10-13,15H2,1H3. The number of carbonyl (C=O) groups excluding carboxylic acids is 2. The van der Waals surface area contributed by atoms with E-state index in [1.54, 1.807) is 0 Å². The Morgan fingerprint density at radius 1 is 0.962 bits per heavy atom. The fourth-order valence-corrected chi connectivity index (χ4v) is 3.57. The molecule has 5 heteroatoms. The van der Waals surface area contributed by atoms with Gasteiger partial charge in [0.15, 0.2) is 0 Å². The fraction of sp³-hybridized carbons (Fsp3) is 0.429. The minimum absolute atomic E-state index is 0.124. The third-order valence-corrected chi connectivity index (χ3v) is 5.42. The lowest BCUT2D eigenvalue weighted by atomic mass is 10.1. The van der Waals surface area contributed by atoms with Gasteiger partial charge in [-0.3, -0.25) is 9.59 Å². The quantitative estimate of drug-likeness (QED) is 0.849. The van der Waals surface area contributed by atoms with Crippen molar-refractivity contribution in [3.8, 4) is 0 Å². The van der Waals surface area contributed by atoms with Crippen LogP contribution < -0.4 is 4.90 Å². The van der Waals surface area contributed by atoms with Crippen LogP contribution in [-0.2, 0) is 9.59 Å². The number of amides is 2. The van der Waals surface area contributed by atoms with Crippen LogP contribution in [0.2, 0.25) is 0 Å². The molecule has 2 fully saturated rings. The molecule has 0 bridgehead atoms. The second-order valence-corrected chi connectivity index (χ2v) is 7.37. The monoisotopic (exact) mass is 351 g/mol. The highest BCUT2D eigenvalue weighted by Crippen LogP contribution is 2.31. The van der Waals surface area contributed by atoms with Crippen molar-refractivity contribution in [1.29, 1.82) is 0 Å². The molecule has 2 aromatic rings. The Labute approximate surface area is 154 Å². The van der Waals surface area contributed by atoms with Gasteiger partial charge in [-0.05, 0) is 35.7 Å². The molecule has 2 aromatic carbocycles. The molecule has 5 nitrogen and oxygen atoms in total. The van der Waals surface area contributed by atoms with Crippen LogP contribution in [0, 0.1) is 5.92 Å². The van der Waals surface area contributed by atoms with Gasteiger partial charge in [-0.1, -0.05) is 30.3 Å². The van der Waals surface area contributed by atoms with E-state index in [2.05, 4.69) is 30.3 Å². The van der Waals surface area contributed by atoms with Crippen molar-refractivity contribution in [3.05, 3.63) is 42.5 Å². The lowest BCUT2D eigenvalue weighted by molar-refractivity contribution is -0.139. The normalized spacial score (nSPS) is 17.4. The zero-order chi connectivity index (χ0) is 18.1. The second kappa shape index (κ2) is 6.98. The average Bonchev–Trinajstić information content (AvgIpc) is 3.52. The summed E-state index contributed by atoms with van der Waals surface area (Å²) in [4.78, 5) is 30.6. The number of nitrogens with zero attached hydrogens (tertiary/aromatic N) is 3. The van der Waals surface area contributed by atoms with Crippen LogP contribution in [0.3, 0.4) is 0 Å². The first-order valence-corrected chi connectivity index (χ1v) is 9.38. The summed E-state index contributed by atoms with van der Waals surface area (Å²) in [7, 11) is 1.95. The zero-order valence-corrected chi connectivity index (χ0v) is 15.2. The van der Waals surface area contributed by atoms with Crippen LogP contribution in [0.5, 0.6) is 0 Å². The van der Waals surface area contributed by atoms with Crippen LogP contribution in [-0.4, -0.2) is 61.4 Å². The Kier molecular flexibility index (Phi) is 4.53. The van der Waals surface area contributed by atoms with Gasteiger partial charge in [0.05, 0.1) is 6.54 Å². The van der Waals surface area contributed by atoms with Crippen molar-refractivity contribution in [2.45, 2.75) is 12.8 Å². The van der Waals surface area contributed by atoms with E-state index in [0.717, 1.165) is 18.5 Å². The van der Waals surface area contributed by atoms with E-state index in [0.29, 0.717) is 32.7 Å². The summed E-state index contributed by atoms with van der Waals surface area (Å²) in [6, 6.07) is 14.5. The Morgan fingerprint density at radius 2 is 1.62 bits per heavy atom. The molecular weight excluding hydrogens is 326 g/mol. The molecule has 0 spiro atoms. The van der Waals surface area contributed by atoms with Crippen LogP contribution >= 0.6 is 0 Å². The molecule has 2 aliphatic rings. The molecule has 26 heavy (non-hydrogen) atoms. The topological polar surface area (TPSA) is 43.9 Å². The van der Waals surface area contributed by atoms with Crippen LogP contribution in [0.15, 0.2) is 42.5 Å². The molecule has 0 aromatic heterocycles. The maximum atomic E-state index is 12.6. The summed E-state index contributed by atoms with van der Waals surface area (Å²) < 4.78 is 0. The van der Waals surface area contributed by atoms with Gasteiger partial charge in [0.1, 0.15) is 0 Å². The van der Waals surface area contributed by atoms with Crippen LogP contribution in [0.1, 0.15) is 12.8 Å². The number of piperazine rings is 1. The molecule has 0 atom stereocenters. The second-order valence-electron chi connectivity index (χ2n) is 7.37. The van der Waals surface area contributed by atoms with E-state index in [-0.39, 0.29) is 17.7 Å². The van der Waals surface area contributed by atoms with Crippen molar-refractivity contribution in [2.75, 3.05) is 44.7 Å². The molecule has 1 aliphatic heterocycles. The Balaban J connectivity index is 1.34. The van der Waals surface area contributed by atoms with E-state index in [4.69, 9.17) is 0 Å². The number of hydrogen-bond acceptors (Lipinski definition) is 3. The summed E-state index contributed by atoms with van der Waals surface area (Å²) in [6.45, 7) is 2.97. The maximum Gasteiger partial charge on any atom is 0.242 e. The predicted octanol–water partition coefficient (Wildman–Crippen LogP) is 2.36. The number of likely N-dealkylation sites (N-methyl/N-ethyl adjacent to an activating group) is 1. The first kappa shape index (κ1) is 16.9. The molecule has 0 radical (unpaired) electrons. The van der Waals surface area contributed by atoms with Crippen molar-refractivity contribution in [1.82, 2.24) is 9.80 Å². The Hall–Kier alpha value is -2.56. The first-order chi connectivity index (χ1) is 12.6. The van der Waals surface area contributed by atoms with Gasteiger partial charge in [0.25, 0.3) is 0 Å². The minimum Gasteiger partial charge on any atom is -0.365 e. The zero-order valence-electron chi connectivity index (χ0n) is 15.2. The third-order valence-electron chi connectivity index (χ3n) is 5.42. The number of anilines is 1. The molecule has 0 N–H and O–H groups in total. The molecule has 4 rings (SSSR count). The highest BCUT2D eigenvalue weighted by molar-refractivity contribution is 5.87. The van der Waals surface area contributed by atoms with Gasteiger partial charge in [-0.15, -0.1) is 0 Å². The molecule has 1 saturated carbocycles. The number of hydrogen-bond donors (Lipinski definition) is 0. The highest BCUT2D eigenvalue weighted by atomic mass is 16.2. The third kappa shape index (κ3) is 3.52. The Morgan fingerprint density at radius 3 is 2.31 bits per heavy atom. The first-order valence-electron chi connectivity index (χ1n) is 9.38. The van der Waals surface area contributed by atoms with Gasteiger partial charge in [0.2, 0.25) is 11.8 Å². The maximum absolute atomic E-state index is 12.6. The SMILES string of the molecule is CN(CC(=O)N1CCN(C(=O)C2CC2)CC1)c1ccc2ccccc2c1. The summed E-state index contributed by atoms with van der Waals surface area (Å²) in [6.07, 6.45) is 2.07. The van der Waals surface area contributed by atoms with E-state index in [9.17, 15) is 9.59 Å². The average molecular weight is 351 g/mol. The lowest BCUT2D eigenvalue weighted by Gasteiger charge is -2.35. The van der Waals surface area contributed by atoms with Gasteiger partial charge < -0.3 is 14.7 Å². The molecule has 1 saturated heterocycles. The van der Waals surface area contributed by atoms with Gasteiger partial charge in [0, 0.05) is 44.8 Å². The molecule has 1 heterocycles. The van der Waals surface area contributed by atoms with Gasteiger partial charge in [-0.25, -0.2) is 0 Å². The lowest BCUT2D eigenvalue weighted by Crippen LogP contribution is -2.52. The predicted molar refractivity (Wildman–Crippen MR) is 103 cm³/mol. The summed E-state index contributed by atoms with van der Waals surface area (Å²) in [5.41, 5.74) is 1.04. The summed E-state index contributed by atoms with van der Waals surface area (Å²) in [5.74, 6) is 0.667. The molecule has 2 amide bonds. The molecular formula is C21H25N3O2. The van der Waals surface area contributed by atoms with Crippen molar-refractivity contribution >= 4 is 28.3 Å². The van der Waals surface area contributed by atoms with E-state index in [1.807, 2.05) is 33.9 Å². The molecule has 136 valence electrons. The highest BCUT2D eigenvalue weighted by Gasteiger charge is 2.35. The summed E-state index contributed by atoms with van der Waals surface area (Å²) >= 11 is 0. The molecule has 0 unspecified atom stereocenters. The molecule has 1 aliphatic carbocycles. The Bertz CT molecular complexity index is 823. The van der Waals surface area contributed by atoms with Crippen molar-refractivity contribution in [2.24, 2.45) is 5.92 Å². The summed E-state index contributed by atoms with van der Waals surface area (Å²) in [5, 5.41) is 2.38. The van der Waals surface area contributed by atoms with Crippen LogP contribution in [0.25, 0.3) is 10.8 Å². The number of rotatable bonds is 4. The largest absolute Gasteiger partial charge is 0.365 e. The van der Waals surface area contributed by atoms with E-state index in [1.165, 1.54) is 10.8 Å². The van der Waals surface area contributed by atoms with Gasteiger partial charge >= 0.3 is 0 Å². The van der Waals surface area contributed by atoms with Crippen molar-refractivity contribution < 1.29 is 9.59 Å². The van der Waals surface area contributed by atoms with E-state index >= 15 is 0 Å². The number of carbonyl (C=O) groups is 2. The van der Waals surface area contributed by atoms with Crippen molar-refractivity contribution in [3.63, 3.8) is 0 Å². The minimum atomic E-state index is 0.124. The fourth-order valence-electron chi connectivity index (χ4n) is 3.57. The van der Waals surface area contributed by atoms with Crippen LogP contribution in [0.4, 0.5) is 5.69 Å². The number of benzene rings is 2. The smallest absolute Gasteiger partial charge is 0.242 e. The van der Waals surface area contributed by atoms with Gasteiger partial charge in [-0.2, -0.15) is 0 Å². The number of fused-ring (bicyclic) bond motifs is 1. The van der Waals surface area contributed by atoms with E-state index < -0.39 is 0 Å².